The average Bonchev–Trinajstić information content (AvgIpc) is 2.42. The number of benzene rings is 1. The molecule has 1 aromatic carbocycles. The third-order valence-electron chi connectivity index (χ3n) is 3.09. The van der Waals surface area contributed by atoms with Crippen LogP contribution in [0.5, 0.6) is 0 Å². The molecule has 0 aromatic heterocycles. The average molecular weight is 303 g/mol. The molecular weight excluding hydrogens is 285 g/mol. The third kappa shape index (κ3) is 3.33. The minimum atomic E-state index is -3.73. The highest BCUT2D eigenvalue weighted by Gasteiger charge is 2.22. The van der Waals surface area contributed by atoms with Crippen molar-refractivity contribution in [2.24, 2.45) is 5.73 Å². The van der Waals surface area contributed by atoms with E-state index in [1.54, 1.807) is 5.01 Å². The van der Waals surface area contributed by atoms with E-state index in [1.165, 1.54) is 19.1 Å². The molecule has 0 unspecified atom stereocenters. The number of aryl methyl sites for hydroxylation is 1. The zero-order valence-corrected chi connectivity index (χ0v) is 12.0. The third-order valence-corrected chi connectivity index (χ3v) is 4.45. The van der Waals surface area contributed by atoms with E-state index in [1.807, 2.05) is 0 Å². The van der Waals surface area contributed by atoms with Crippen LogP contribution in [-0.4, -0.2) is 39.7 Å². The van der Waals surface area contributed by atoms with Gasteiger partial charge in [0.25, 0.3) is 10.0 Å². The summed E-state index contributed by atoms with van der Waals surface area (Å²) in [4.78, 5) is 2.49. The first kappa shape index (κ1) is 15.3. The summed E-state index contributed by atoms with van der Waals surface area (Å²) < 4.78 is 43.4. The Morgan fingerprint density at radius 1 is 1.40 bits per heavy atom. The Morgan fingerprint density at radius 2 is 2.05 bits per heavy atom. The molecule has 0 aliphatic carbocycles. The van der Waals surface area contributed by atoms with Crippen molar-refractivity contribution in [3.63, 3.8) is 0 Å². The number of ether oxygens (including phenoxy) is 1. The predicted molar refractivity (Wildman–Crippen MR) is 71.7 cm³/mol. The fourth-order valence-electron chi connectivity index (χ4n) is 1.99. The van der Waals surface area contributed by atoms with Crippen LogP contribution in [0.4, 0.5) is 4.39 Å². The number of hydrogen-bond acceptors (Lipinski definition) is 5. The van der Waals surface area contributed by atoms with Gasteiger partial charge in [-0.2, -0.15) is 0 Å². The quantitative estimate of drug-likeness (QED) is 0.825. The van der Waals surface area contributed by atoms with Gasteiger partial charge in [0.15, 0.2) is 0 Å². The molecule has 0 amide bonds. The molecule has 112 valence electrons. The molecule has 1 saturated heterocycles. The molecule has 1 aliphatic rings. The molecule has 20 heavy (non-hydrogen) atoms. The van der Waals surface area contributed by atoms with E-state index in [0.29, 0.717) is 26.3 Å². The highest BCUT2D eigenvalue weighted by molar-refractivity contribution is 7.89. The van der Waals surface area contributed by atoms with Gasteiger partial charge in [0.1, 0.15) is 5.82 Å². The van der Waals surface area contributed by atoms with E-state index < -0.39 is 15.8 Å². The molecule has 1 heterocycles. The lowest BCUT2D eigenvalue weighted by molar-refractivity contribution is 0.0272. The lowest BCUT2D eigenvalue weighted by atomic mass is 10.1. The highest BCUT2D eigenvalue weighted by atomic mass is 32.2. The predicted octanol–water partition coefficient (Wildman–Crippen LogP) is 0.118. The van der Waals surface area contributed by atoms with Crippen molar-refractivity contribution >= 4 is 10.0 Å². The lowest BCUT2D eigenvalue weighted by Crippen LogP contribution is -2.48. The van der Waals surface area contributed by atoms with Gasteiger partial charge < -0.3 is 10.5 Å². The van der Waals surface area contributed by atoms with Crippen LogP contribution in [0, 0.1) is 12.7 Å². The monoisotopic (exact) mass is 303 g/mol. The standard InChI is InChI=1S/C12H18FN3O3S/c1-9-6-11(7-10(8-14)12(9)13)20(17,18)15-16-2-4-19-5-3-16/h6-7,15H,2-5,8,14H2,1H3. The summed E-state index contributed by atoms with van der Waals surface area (Å²) in [6.07, 6.45) is 0. The van der Waals surface area contributed by atoms with E-state index in [9.17, 15) is 12.8 Å². The van der Waals surface area contributed by atoms with Crippen LogP contribution in [0.25, 0.3) is 0 Å². The maximum atomic E-state index is 13.7. The van der Waals surface area contributed by atoms with Crippen LogP contribution < -0.4 is 10.6 Å². The Labute approximate surface area is 117 Å². The van der Waals surface area contributed by atoms with Gasteiger partial charge in [-0.3, -0.25) is 0 Å². The zero-order chi connectivity index (χ0) is 14.8. The maximum absolute atomic E-state index is 13.7. The SMILES string of the molecule is Cc1cc(S(=O)(=O)NN2CCOCC2)cc(CN)c1F. The van der Waals surface area contributed by atoms with Crippen LogP contribution in [-0.2, 0) is 21.3 Å². The van der Waals surface area contributed by atoms with Gasteiger partial charge in [-0.05, 0) is 24.6 Å². The number of nitrogens with zero attached hydrogens (tertiary/aromatic N) is 1. The first-order chi connectivity index (χ1) is 9.44. The summed E-state index contributed by atoms with van der Waals surface area (Å²) in [7, 11) is -3.73. The number of hydrogen-bond donors (Lipinski definition) is 2. The molecule has 0 bridgehead atoms. The van der Waals surface area contributed by atoms with Crippen molar-refractivity contribution in [1.29, 1.82) is 0 Å². The second kappa shape index (κ2) is 6.15. The number of nitrogens with two attached hydrogens (primary N) is 1. The second-order valence-corrected chi connectivity index (χ2v) is 6.27. The Morgan fingerprint density at radius 3 is 2.65 bits per heavy atom. The number of halogens is 1. The van der Waals surface area contributed by atoms with Crippen molar-refractivity contribution in [2.75, 3.05) is 26.3 Å². The van der Waals surface area contributed by atoms with Gasteiger partial charge >= 0.3 is 0 Å². The molecular formula is C12H18FN3O3S. The Kier molecular flexibility index (Phi) is 4.71. The molecule has 0 atom stereocenters. The smallest absolute Gasteiger partial charge is 0.253 e. The normalized spacial score (nSPS) is 17.4. The molecule has 1 fully saturated rings. The van der Waals surface area contributed by atoms with Crippen LogP contribution >= 0.6 is 0 Å². The molecule has 6 nitrogen and oxygen atoms in total. The maximum Gasteiger partial charge on any atom is 0.253 e. The van der Waals surface area contributed by atoms with E-state index in [4.69, 9.17) is 10.5 Å². The minimum Gasteiger partial charge on any atom is -0.379 e. The van der Waals surface area contributed by atoms with Crippen molar-refractivity contribution in [3.05, 3.63) is 29.1 Å². The van der Waals surface area contributed by atoms with Crippen molar-refractivity contribution in [3.8, 4) is 0 Å². The number of morpholine rings is 1. The Balaban J connectivity index is 2.26. The molecule has 8 heteroatoms. The van der Waals surface area contributed by atoms with E-state index >= 15 is 0 Å². The number of rotatable bonds is 4. The van der Waals surface area contributed by atoms with Gasteiger partial charge in [0, 0.05) is 25.2 Å². The molecule has 0 spiro atoms. The van der Waals surface area contributed by atoms with Crippen molar-refractivity contribution in [2.45, 2.75) is 18.4 Å². The topological polar surface area (TPSA) is 84.7 Å². The fourth-order valence-corrected chi connectivity index (χ4v) is 3.24. The summed E-state index contributed by atoms with van der Waals surface area (Å²) in [5.41, 5.74) is 5.88. The largest absolute Gasteiger partial charge is 0.379 e. The number of hydrazine groups is 1. The summed E-state index contributed by atoms with van der Waals surface area (Å²) in [5.74, 6) is -0.460. The molecule has 0 radical (unpaired) electrons. The first-order valence-corrected chi connectivity index (χ1v) is 7.76. The van der Waals surface area contributed by atoms with Gasteiger partial charge in [0.05, 0.1) is 18.1 Å². The van der Waals surface area contributed by atoms with Gasteiger partial charge in [-0.1, -0.05) is 0 Å². The van der Waals surface area contributed by atoms with Crippen LogP contribution in [0.3, 0.4) is 0 Å². The minimum absolute atomic E-state index is 0.0170. The first-order valence-electron chi connectivity index (χ1n) is 6.28. The Bertz CT molecular complexity index is 586. The summed E-state index contributed by atoms with van der Waals surface area (Å²) in [6.45, 7) is 3.36. The fraction of sp³-hybridized carbons (Fsp3) is 0.500. The summed E-state index contributed by atoms with van der Waals surface area (Å²) >= 11 is 0. The van der Waals surface area contributed by atoms with Gasteiger partial charge in [0.2, 0.25) is 0 Å². The van der Waals surface area contributed by atoms with Crippen molar-refractivity contribution in [1.82, 2.24) is 9.84 Å². The number of nitrogens with one attached hydrogen (secondary N) is 1. The zero-order valence-electron chi connectivity index (χ0n) is 11.2. The summed E-state index contributed by atoms with van der Waals surface area (Å²) in [6, 6.07) is 2.57. The van der Waals surface area contributed by atoms with Crippen LogP contribution in [0.2, 0.25) is 0 Å². The lowest BCUT2D eigenvalue weighted by Gasteiger charge is -2.26. The summed E-state index contributed by atoms with van der Waals surface area (Å²) in [5, 5.41) is 1.57. The second-order valence-electron chi connectivity index (χ2n) is 4.61. The van der Waals surface area contributed by atoms with Gasteiger partial charge in [-0.25, -0.2) is 17.8 Å². The molecule has 2 rings (SSSR count). The Hall–Kier alpha value is -1.06. The number of sulfonamides is 1. The van der Waals surface area contributed by atoms with Gasteiger partial charge in [-0.15, -0.1) is 4.83 Å². The molecule has 1 aliphatic heterocycles. The van der Waals surface area contributed by atoms with E-state index in [2.05, 4.69) is 4.83 Å². The van der Waals surface area contributed by atoms with Crippen LogP contribution in [0.15, 0.2) is 17.0 Å². The van der Waals surface area contributed by atoms with Crippen LogP contribution in [0.1, 0.15) is 11.1 Å². The molecule has 0 saturated carbocycles. The molecule has 1 aromatic rings. The van der Waals surface area contributed by atoms with E-state index in [-0.39, 0.29) is 22.6 Å². The highest BCUT2D eigenvalue weighted by Crippen LogP contribution is 2.19. The molecule has 3 N–H and O–H groups in total. The van der Waals surface area contributed by atoms with E-state index in [0.717, 1.165) is 0 Å². The van der Waals surface area contributed by atoms with Crippen molar-refractivity contribution < 1.29 is 17.5 Å².